The Balaban J connectivity index is 1.37. The molecule has 3 aliphatic rings. The molecule has 4 heterocycles. The minimum atomic E-state index is -1.09. The second-order valence-electron chi connectivity index (χ2n) is 8.19. The van der Waals surface area contributed by atoms with Gasteiger partial charge in [0.2, 0.25) is 5.91 Å². The van der Waals surface area contributed by atoms with Crippen molar-refractivity contribution in [3.63, 3.8) is 0 Å². The van der Waals surface area contributed by atoms with Crippen molar-refractivity contribution in [3.8, 4) is 0 Å². The fourth-order valence-corrected chi connectivity index (χ4v) is 4.26. The van der Waals surface area contributed by atoms with E-state index in [4.69, 9.17) is 9.72 Å². The summed E-state index contributed by atoms with van der Waals surface area (Å²) in [5, 5.41) is 9.30. The summed E-state index contributed by atoms with van der Waals surface area (Å²) < 4.78 is 5.53. The summed E-state index contributed by atoms with van der Waals surface area (Å²) in [6.07, 6.45) is -1.03. The number of piperazine rings is 1. The molecular weight excluding hydrogens is 390 g/mol. The maximum absolute atomic E-state index is 12.7. The fraction of sp³-hybridized carbons (Fsp3) is 0.600. The number of hydrogen-bond acceptors (Lipinski definition) is 7. The zero-order chi connectivity index (χ0) is 21.4. The van der Waals surface area contributed by atoms with Crippen LogP contribution >= 0.6 is 0 Å². The highest BCUT2D eigenvalue weighted by Crippen LogP contribution is 2.27. The number of hydrogen-bond donors (Lipinski definition) is 1. The lowest BCUT2D eigenvalue weighted by molar-refractivity contribution is -0.147. The Bertz CT molecular complexity index is 832. The van der Waals surface area contributed by atoms with E-state index >= 15 is 0 Å². The fourth-order valence-electron chi connectivity index (χ4n) is 4.26. The lowest BCUT2D eigenvalue weighted by atomic mass is 10.2. The van der Waals surface area contributed by atoms with Crippen LogP contribution in [0.15, 0.2) is 12.1 Å². The van der Waals surface area contributed by atoms with Crippen molar-refractivity contribution in [1.29, 1.82) is 0 Å². The summed E-state index contributed by atoms with van der Waals surface area (Å²) in [6.45, 7) is 6.03. The van der Waals surface area contributed by atoms with E-state index in [1.807, 2.05) is 12.1 Å². The summed E-state index contributed by atoms with van der Waals surface area (Å²) in [6, 6.07) is 3.05. The SMILES string of the molecule is CC(=O)N1C[C@H](OC(=O)N2Cc3ccc(N4CCN(C)CC4)nc3C2)C[C@H]1C(=O)O. The van der Waals surface area contributed by atoms with Crippen molar-refractivity contribution in [2.45, 2.75) is 38.6 Å². The summed E-state index contributed by atoms with van der Waals surface area (Å²) in [5.41, 5.74) is 1.86. The molecule has 2 saturated heterocycles. The van der Waals surface area contributed by atoms with Gasteiger partial charge in [-0.25, -0.2) is 14.6 Å². The van der Waals surface area contributed by atoms with Crippen LogP contribution in [0, 0.1) is 0 Å². The number of likely N-dealkylation sites (N-methyl/N-ethyl adjacent to an activating group) is 1. The van der Waals surface area contributed by atoms with Crippen molar-refractivity contribution in [2.75, 3.05) is 44.7 Å². The van der Waals surface area contributed by atoms with E-state index < -0.39 is 24.2 Å². The molecule has 4 rings (SSSR count). The predicted molar refractivity (Wildman–Crippen MR) is 107 cm³/mol. The first-order chi connectivity index (χ1) is 14.3. The molecule has 0 unspecified atom stereocenters. The number of ether oxygens (including phenoxy) is 1. The van der Waals surface area contributed by atoms with Gasteiger partial charge in [-0.05, 0) is 18.7 Å². The van der Waals surface area contributed by atoms with Crippen LogP contribution in [0.2, 0.25) is 0 Å². The third-order valence-electron chi connectivity index (χ3n) is 6.06. The summed E-state index contributed by atoms with van der Waals surface area (Å²) in [4.78, 5) is 47.8. The Morgan fingerprint density at radius 1 is 1.13 bits per heavy atom. The number of anilines is 1. The number of nitrogens with zero attached hydrogens (tertiary/aromatic N) is 5. The molecule has 2 amide bonds. The maximum Gasteiger partial charge on any atom is 0.410 e. The molecular formula is C20H27N5O5. The predicted octanol–water partition coefficient (Wildman–Crippen LogP) is 0.360. The molecule has 0 spiro atoms. The van der Waals surface area contributed by atoms with E-state index in [1.54, 1.807) is 4.90 Å². The minimum Gasteiger partial charge on any atom is -0.480 e. The van der Waals surface area contributed by atoms with E-state index in [-0.39, 0.29) is 18.9 Å². The van der Waals surface area contributed by atoms with Crippen molar-refractivity contribution in [1.82, 2.24) is 19.7 Å². The van der Waals surface area contributed by atoms with Gasteiger partial charge in [-0.2, -0.15) is 0 Å². The Morgan fingerprint density at radius 3 is 2.50 bits per heavy atom. The molecule has 2 atom stereocenters. The molecule has 0 radical (unpaired) electrons. The average Bonchev–Trinajstić information content (AvgIpc) is 3.32. The quantitative estimate of drug-likeness (QED) is 0.751. The molecule has 1 aromatic heterocycles. The number of amides is 2. The number of carbonyl (C=O) groups is 3. The normalized spacial score (nSPS) is 24.1. The lowest BCUT2D eigenvalue weighted by Gasteiger charge is -2.33. The Kier molecular flexibility index (Phi) is 5.50. The van der Waals surface area contributed by atoms with E-state index in [0.29, 0.717) is 13.1 Å². The number of rotatable bonds is 3. The van der Waals surface area contributed by atoms with Crippen molar-refractivity contribution in [2.24, 2.45) is 0 Å². The first-order valence-corrected chi connectivity index (χ1v) is 10.2. The molecule has 0 saturated carbocycles. The van der Waals surface area contributed by atoms with Gasteiger partial charge in [0.25, 0.3) is 0 Å². The van der Waals surface area contributed by atoms with Gasteiger partial charge in [0, 0.05) is 39.5 Å². The van der Waals surface area contributed by atoms with Gasteiger partial charge in [-0.15, -0.1) is 0 Å². The molecule has 30 heavy (non-hydrogen) atoms. The third kappa shape index (κ3) is 4.04. The van der Waals surface area contributed by atoms with Crippen LogP contribution < -0.4 is 4.90 Å². The molecule has 0 bridgehead atoms. The van der Waals surface area contributed by atoms with Gasteiger partial charge in [-0.3, -0.25) is 9.69 Å². The van der Waals surface area contributed by atoms with Gasteiger partial charge in [0.15, 0.2) is 0 Å². The first-order valence-electron chi connectivity index (χ1n) is 10.2. The smallest absolute Gasteiger partial charge is 0.410 e. The van der Waals surface area contributed by atoms with Crippen molar-refractivity contribution >= 4 is 23.8 Å². The average molecular weight is 417 g/mol. The summed E-state index contributed by atoms with van der Waals surface area (Å²) >= 11 is 0. The van der Waals surface area contributed by atoms with E-state index in [2.05, 4.69) is 16.8 Å². The molecule has 0 aromatic carbocycles. The standard InChI is InChI=1S/C20H27N5O5/c1-13(26)25-11-15(9-17(25)19(27)28)30-20(29)24-10-14-3-4-18(21-16(14)12-24)23-7-5-22(2)6-8-23/h3-4,15,17H,5-12H2,1-2H3,(H,27,28)/t15-,17+/m1/s1. The van der Waals surface area contributed by atoms with Gasteiger partial charge in [0.1, 0.15) is 18.0 Å². The second kappa shape index (κ2) is 8.10. The van der Waals surface area contributed by atoms with Crippen LogP contribution in [-0.2, 0) is 27.4 Å². The van der Waals surface area contributed by atoms with Gasteiger partial charge in [-0.1, -0.05) is 6.07 Å². The number of fused-ring (bicyclic) bond motifs is 1. The molecule has 1 aromatic rings. The van der Waals surface area contributed by atoms with Gasteiger partial charge in [0.05, 0.1) is 25.3 Å². The number of aliphatic carboxylic acids is 1. The molecule has 1 N–H and O–H groups in total. The monoisotopic (exact) mass is 417 g/mol. The van der Waals surface area contributed by atoms with Crippen LogP contribution in [-0.4, -0.2) is 94.7 Å². The van der Waals surface area contributed by atoms with E-state index in [1.165, 1.54) is 11.8 Å². The third-order valence-corrected chi connectivity index (χ3v) is 6.06. The van der Waals surface area contributed by atoms with Gasteiger partial charge < -0.3 is 24.5 Å². The van der Waals surface area contributed by atoms with Crippen LogP contribution in [0.4, 0.5) is 10.6 Å². The Labute approximate surface area is 175 Å². The summed E-state index contributed by atoms with van der Waals surface area (Å²) in [7, 11) is 2.11. The number of carboxylic acids is 1. The zero-order valence-corrected chi connectivity index (χ0v) is 17.3. The second-order valence-corrected chi connectivity index (χ2v) is 8.19. The van der Waals surface area contributed by atoms with Gasteiger partial charge >= 0.3 is 12.1 Å². The molecule has 10 heteroatoms. The Morgan fingerprint density at radius 2 is 1.87 bits per heavy atom. The molecule has 2 fully saturated rings. The first kappa shape index (κ1) is 20.4. The highest BCUT2D eigenvalue weighted by molar-refractivity contribution is 5.83. The maximum atomic E-state index is 12.7. The number of likely N-dealkylation sites (tertiary alicyclic amines) is 1. The summed E-state index contributed by atoms with van der Waals surface area (Å²) in [5.74, 6) is -0.498. The van der Waals surface area contributed by atoms with Crippen LogP contribution in [0.25, 0.3) is 0 Å². The molecule has 162 valence electrons. The Hall–Kier alpha value is -2.88. The van der Waals surface area contributed by atoms with Crippen LogP contribution in [0.3, 0.4) is 0 Å². The number of carbonyl (C=O) groups excluding carboxylic acids is 2. The molecule has 0 aliphatic carbocycles. The van der Waals surface area contributed by atoms with E-state index in [0.717, 1.165) is 43.3 Å². The number of aromatic nitrogens is 1. The zero-order valence-electron chi connectivity index (χ0n) is 17.3. The lowest BCUT2D eigenvalue weighted by Crippen LogP contribution is -2.44. The van der Waals surface area contributed by atoms with Crippen LogP contribution in [0.1, 0.15) is 24.6 Å². The molecule has 3 aliphatic heterocycles. The largest absolute Gasteiger partial charge is 0.480 e. The minimum absolute atomic E-state index is 0.102. The van der Waals surface area contributed by atoms with Crippen molar-refractivity contribution < 1.29 is 24.2 Å². The van der Waals surface area contributed by atoms with Crippen molar-refractivity contribution in [3.05, 3.63) is 23.4 Å². The number of carboxylic acid groups (broad SMARTS) is 1. The highest BCUT2D eigenvalue weighted by Gasteiger charge is 2.41. The van der Waals surface area contributed by atoms with E-state index in [9.17, 15) is 19.5 Å². The topological polar surface area (TPSA) is 107 Å². The van der Waals surface area contributed by atoms with Crippen LogP contribution in [0.5, 0.6) is 0 Å². The molecule has 10 nitrogen and oxygen atoms in total. The number of pyridine rings is 1. The highest BCUT2D eigenvalue weighted by atomic mass is 16.6.